The molecule has 2 aromatic carbocycles. The van der Waals surface area contributed by atoms with Crippen molar-refractivity contribution in [3.63, 3.8) is 0 Å². The van der Waals surface area contributed by atoms with Gasteiger partial charge in [0.1, 0.15) is 12.7 Å². The molecule has 1 aromatic heterocycles. The lowest BCUT2D eigenvalue weighted by molar-refractivity contribution is 0.0600. The van der Waals surface area contributed by atoms with E-state index in [1.165, 1.54) is 49.1 Å². The van der Waals surface area contributed by atoms with Crippen molar-refractivity contribution >= 4 is 16.0 Å². The van der Waals surface area contributed by atoms with E-state index in [9.17, 15) is 13.2 Å². The van der Waals surface area contributed by atoms with E-state index in [2.05, 4.69) is 14.8 Å². The molecule has 3 rings (SSSR count). The maximum atomic E-state index is 13.0. The molecule has 0 amide bonds. The fourth-order valence-electron chi connectivity index (χ4n) is 2.73. The molecule has 1 atom stereocenters. The lowest BCUT2D eigenvalue weighted by Crippen LogP contribution is -2.30. The van der Waals surface area contributed by atoms with Crippen molar-refractivity contribution in [3.8, 4) is 5.69 Å². The molecule has 0 fully saturated rings. The zero-order valence-corrected chi connectivity index (χ0v) is 16.5. The number of hydrogen-bond donors (Lipinski definition) is 0. The van der Waals surface area contributed by atoms with Crippen molar-refractivity contribution < 1.29 is 17.9 Å². The van der Waals surface area contributed by atoms with Gasteiger partial charge in [0.15, 0.2) is 0 Å². The van der Waals surface area contributed by atoms with Gasteiger partial charge in [-0.3, -0.25) is 0 Å². The summed E-state index contributed by atoms with van der Waals surface area (Å²) in [5, 5.41) is 4.07. The smallest absolute Gasteiger partial charge is 0.337 e. The predicted octanol–water partition coefficient (Wildman–Crippen LogP) is 2.44. The molecule has 1 heterocycles. The molecule has 28 heavy (non-hydrogen) atoms. The van der Waals surface area contributed by atoms with Crippen molar-refractivity contribution in [2.45, 2.75) is 17.9 Å². The van der Waals surface area contributed by atoms with Crippen LogP contribution in [-0.2, 0) is 14.8 Å². The van der Waals surface area contributed by atoms with Crippen LogP contribution in [0.1, 0.15) is 28.9 Å². The summed E-state index contributed by atoms with van der Waals surface area (Å²) in [6.07, 6.45) is 3.03. The third kappa shape index (κ3) is 3.80. The van der Waals surface area contributed by atoms with E-state index in [1.807, 2.05) is 24.3 Å². The lowest BCUT2D eigenvalue weighted by Gasteiger charge is -2.25. The van der Waals surface area contributed by atoms with Crippen LogP contribution in [0.15, 0.2) is 66.1 Å². The van der Waals surface area contributed by atoms with Gasteiger partial charge in [-0.25, -0.2) is 22.9 Å². The maximum Gasteiger partial charge on any atom is 0.337 e. The minimum atomic E-state index is -3.81. The maximum absolute atomic E-state index is 13.0. The van der Waals surface area contributed by atoms with Crippen LogP contribution in [0.25, 0.3) is 5.69 Å². The molecule has 0 aliphatic carbocycles. The SMILES string of the molecule is COC(=O)c1cccc(S(=O)(=O)N(C)[C@H](C)c2ccc(-n3cncn3)cc2)c1. The van der Waals surface area contributed by atoms with Gasteiger partial charge in [-0.15, -0.1) is 0 Å². The van der Waals surface area contributed by atoms with E-state index in [0.29, 0.717) is 0 Å². The van der Waals surface area contributed by atoms with E-state index in [4.69, 9.17) is 0 Å². The molecule has 0 saturated carbocycles. The molecule has 8 nitrogen and oxygen atoms in total. The Morgan fingerprint density at radius 1 is 1.18 bits per heavy atom. The molecule has 0 unspecified atom stereocenters. The number of esters is 1. The Morgan fingerprint density at radius 3 is 2.50 bits per heavy atom. The number of sulfonamides is 1. The second-order valence-corrected chi connectivity index (χ2v) is 8.15. The van der Waals surface area contributed by atoms with Crippen LogP contribution in [0.3, 0.4) is 0 Å². The van der Waals surface area contributed by atoms with Gasteiger partial charge in [-0.2, -0.15) is 9.40 Å². The van der Waals surface area contributed by atoms with Crippen LogP contribution in [0, 0.1) is 0 Å². The van der Waals surface area contributed by atoms with Crippen molar-refractivity contribution in [2.24, 2.45) is 0 Å². The fraction of sp³-hybridized carbons (Fsp3) is 0.211. The van der Waals surface area contributed by atoms with E-state index < -0.39 is 22.0 Å². The molecule has 0 spiro atoms. The number of benzene rings is 2. The highest BCUT2D eigenvalue weighted by atomic mass is 32.2. The first kappa shape index (κ1) is 19.7. The number of aromatic nitrogens is 3. The van der Waals surface area contributed by atoms with Crippen molar-refractivity contribution in [1.82, 2.24) is 19.1 Å². The number of methoxy groups -OCH3 is 1. The number of carbonyl (C=O) groups excluding carboxylic acids is 1. The fourth-order valence-corrected chi connectivity index (χ4v) is 4.13. The van der Waals surface area contributed by atoms with Crippen molar-refractivity contribution in [1.29, 1.82) is 0 Å². The lowest BCUT2D eigenvalue weighted by atomic mass is 10.1. The van der Waals surface area contributed by atoms with Crippen molar-refractivity contribution in [3.05, 3.63) is 72.3 Å². The molecule has 146 valence electrons. The van der Waals surface area contributed by atoms with Gasteiger partial charge >= 0.3 is 5.97 Å². The second-order valence-electron chi connectivity index (χ2n) is 6.15. The molecule has 0 radical (unpaired) electrons. The van der Waals surface area contributed by atoms with Crippen LogP contribution in [0.2, 0.25) is 0 Å². The number of nitrogens with zero attached hydrogens (tertiary/aromatic N) is 4. The van der Waals surface area contributed by atoms with E-state index in [1.54, 1.807) is 17.9 Å². The second kappa shape index (κ2) is 7.91. The number of ether oxygens (including phenoxy) is 1. The molecule has 9 heteroatoms. The number of rotatable bonds is 6. The predicted molar refractivity (Wildman–Crippen MR) is 103 cm³/mol. The van der Waals surface area contributed by atoms with E-state index in [0.717, 1.165) is 11.3 Å². The molecule has 0 aliphatic rings. The highest BCUT2D eigenvalue weighted by molar-refractivity contribution is 7.89. The summed E-state index contributed by atoms with van der Waals surface area (Å²) in [5.74, 6) is -0.587. The Bertz CT molecular complexity index is 1060. The van der Waals surface area contributed by atoms with Crippen molar-refractivity contribution in [2.75, 3.05) is 14.2 Å². The first-order chi connectivity index (χ1) is 13.3. The molecule has 0 aliphatic heterocycles. The third-order valence-electron chi connectivity index (χ3n) is 4.54. The molecule has 3 aromatic rings. The summed E-state index contributed by atoms with van der Waals surface area (Å²) in [6, 6.07) is 12.8. The van der Waals surface area contributed by atoms with Crippen LogP contribution in [-0.4, -0.2) is 47.6 Å². The normalized spacial score (nSPS) is 12.7. The third-order valence-corrected chi connectivity index (χ3v) is 6.46. The molecule has 0 N–H and O–H groups in total. The zero-order chi connectivity index (χ0) is 20.3. The summed E-state index contributed by atoms with van der Waals surface area (Å²) in [4.78, 5) is 15.6. The molecule has 0 bridgehead atoms. The molecular formula is C19H20N4O4S. The number of hydrogen-bond acceptors (Lipinski definition) is 6. The van der Waals surface area contributed by atoms with Gasteiger partial charge in [0, 0.05) is 13.1 Å². The average Bonchev–Trinajstić information content (AvgIpc) is 3.27. The Balaban J connectivity index is 1.85. The standard InChI is InChI=1S/C19H20N4O4S/c1-14(15-7-9-17(10-8-15)23-13-20-12-21-23)22(2)28(25,26)18-6-4-5-16(11-18)19(24)27-3/h4-14H,1-3H3/t14-/m1/s1. The monoisotopic (exact) mass is 400 g/mol. The van der Waals surface area contributed by atoms with Gasteiger partial charge in [-0.05, 0) is 42.8 Å². The van der Waals surface area contributed by atoms with Crippen LogP contribution >= 0.6 is 0 Å². The van der Waals surface area contributed by atoms with Gasteiger partial charge < -0.3 is 4.74 Å². The average molecular weight is 400 g/mol. The minimum absolute atomic E-state index is 0.0315. The first-order valence-electron chi connectivity index (χ1n) is 8.46. The van der Waals surface area contributed by atoms with Crippen LogP contribution in [0.4, 0.5) is 0 Å². The molecule has 0 saturated heterocycles. The largest absolute Gasteiger partial charge is 0.465 e. The summed E-state index contributed by atoms with van der Waals surface area (Å²) >= 11 is 0. The summed E-state index contributed by atoms with van der Waals surface area (Å²) < 4.78 is 33.6. The topological polar surface area (TPSA) is 94.4 Å². The highest BCUT2D eigenvalue weighted by Gasteiger charge is 2.27. The molecular weight excluding hydrogens is 380 g/mol. The summed E-state index contributed by atoms with van der Waals surface area (Å²) in [7, 11) is -1.05. The van der Waals surface area contributed by atoms with Gasteiger partial charge in [0.05, 0.1) is 23.3 Å². The highest BCUT2D eigenvalue weighted by Crippen LogP contribution is 2.27. The van der Waals surface area contributed by atoms with Crippen LogP contribution in [0.5, 0.6) is 0 Å². The van der Waals surface area contributed by atoms with Gasteiger partial charge in [0.2, 0.25) is 10.0 Å². The Labute approximate surface area is 163 Å². The van der Waals surface area contributed by atoms with Gasteiger partial charge in [-0.1, -0.05) is 18.2 Å². The zero-order valence-electron chi connectivity index (χ0n) is 15.7. The van der Waals surface area contributed by atoms with E-state index >= 15 is 0 Å². The Hall–Kier alpha value is -3.04. The van der Waals surface area contributed by atoms with Crippen LogP contribution < -0.4 is 0 Å². The van der Waals surface area contributed by atoms with E-state index in [-0.39, 0.29) is 10.5 Å². The Morgan fingerprint density at radius 2 is 1.89 bits per heavy atom. The number of carbonyl (C=O) groups is 1. The minimum Gasteiger partial charge on any atom is -0.465 e. The van der Waals surface area contributed by atoms with Gasteiger partial charge in [0.25, 0.3) is 0 Å². The Kier molecular flexibility index (Phi) is 5.57. The quantitative estimate of drug-likeness (QED) is 0.590. The summed E-state index contributed by atoms with van der Waals surface area (Å²) in [5.41, 5.74) is 1.82. The first-order valence-corrected chi connectivity index (χ1v) is 9.90. The summed E-state index contributed by atoms with van der Waals surface area (Å²) in [6.45, 7) is 1.80.